The third-order valence-corrected chi connectivity index (χ3v) is 9.58. The summed E-state index contributed by atoms with van der Waals surface area (Å²) in [6.45, 7) is 4.50. The van der Waals surface area contributed by atoms with Crippen molar-refractivity contribution in [3.05, 3.63) is 155 Å². The highest BCUT2D eigenvalue weighted by Gasteiger charge is 2.23. The Morgan fingerprint density at radius 3 is 1.47 bits per heavy atom. The van der Waals surface area contributed by atoms with E-state index in [4.69, 9.17) is 0 Å². The minimum Gasteiger partial charge on any atom is -0.0776 e. The van der Waals surface area contributed by atoms with Gasteiger partial charge in [-0.1, -0.05) is 137 Å². The maximum absolute atomic E-state index is 2.45. The van der Waals surface area contributed by atoms with Crippen LogP contribution in [0.25, 0.3) is 54.6 Å². The molecule has 2 aliphatic carbocycles. The van der Waals surface area contributed by atoms with Crippen LogP contribution in [0.2, 0.25) is 0 Å². The van der Waals surface area contributed by atoms with Crippen LogP contribution < -0.4 is 0 Å². The predicted molar refractivity (Wildman–Crippen MR) is 187 cm³/mol. The summed E-state index contributed by atoms with van der Waals surface area (Å²) in [7, 11) is 0. The average molecular weight is 555 g/mol. The SMILES string of the molecule is C.CCc1c2ccccc2c(CC)c2ccccc12.c1ccc2c(c1)Cc1cc3ccc4c(c3cc1-2)Cc1ccccc1-4. The Kier molecular flexibility index (Phi) is 6.86. The van der Waals surface area contributed by atoms with Crippen LogP contribution in [0.15, 0.2) is 121 Å². The van der Waals surface area contributed by atoms with Crippen LogP contribution in [0.5, 0.6) is 0 Å². The summed E-state index contributed by atoms with van der Waals surface area (Å²) in [4.78, 5) is 0. The first-order valence-corrected chi connectivity index (χ1v) is 15.4. The second-order valence-corrected chi connectivity index (χ2v) is 11.7. The van der Waals surface area contributed by atoms with Gasteiger partial charge in [0.1, 0.15) is 0 Å². The van der Waals surface area contributed by atoms with Crippen LogP contribution >= 0.6 is 0 Å². The maximum Gasteiger partial charge on any atom is -0.000728 e. The molecule has 0 bridgehead atoms. The normalized spacial score (nSPS) is 12.2. The number of rotatable bonds is 2. The summed E-state index contributed by atoms with van der Waals surface area (Å²) in [6, 6.07) is 44.8. The van der Waals surface area contributed by atoms with Crippen molar-refractivity contribution in [1.82, 2.24) is 0 Å². The molecule has 0 nitrogen and oxygen atoms in total. The van der Waals surface area contributed by atoms with E-state index in [1.54, 1.807) is 0 Å². The molecule has 7 aromatic carbocycles. The molecule has 210 valence electrons. The van der Waals surface area contributed by atoms with E-state index < -0.39 is 0 Å². The third kappa shape index (κ3) is 4.28. The van der Waals surface area contributed by atoms with E-state index in [2.05, 4.69) is 135 Å². The Morgan fingerprint density at radius 1 is 0.419 bits per heavy atom. The summed E-state index contributed by atoms with van der Waals surface area (Å²) in [5, 5.41) is 8.52. The van der Waals surface area contributed by atoms with E-state index in [0.717, 1.165) is 25.7 Å². The number of aryl methyl sites for hydroxylation is 2. The summed E-state index contributed by atoms with van der Waals surface area (Å²) in [6.07, 6.45) is 4.30. The summed E-state index contributed by atoms with van der Waals surface area (Å²) in [5.41, 5.74) is 14.5. The minimum atomic E-state index is 0. The Labute approximate surface area is 255 Å². The molecule has 0 aromatic heterocycles. The van der Waals surface area contributed by atoms with Crippen LogP contribution in [-0.2, 0) is 25.7 Å². The fraction of sp³-hybridized carbons (Fsp3) is 0.163. The lowest BCUT2D eigenvalue weighted by atomic mass is 9.90. The lowest BCUT2D eigenvalue weighted by Crippen LogP contribution is -1.93. The second kappa shape index (κ2) is 10.9. The zero-order valence-corrected chi connectivity index (χ0v) is 24.4. The Balaban J connectivity index is 0.000000142. The highest BCUT2D eigenvalue weighted by Crippen LogP contribution is 2.44. The van der Waals surface area contributed by atoms with E-state index in [-0.39, 0.29) is 7.43 Å². The van der Waals surface area contributed by atoms with Gasteiger partial charge >= 0.3 is 0 Å². The molecule has 7 aromatic rings. The molecule has 43 heavy (non-hydrogen) atoms. The molecule has 0 N–H and O–H groups in total. The van der Waals surface area contributed by atoms with Gasteiger partial charge in [0.15, 0.2) is 0 Å². The van der Waals surface area contributed by atoms with Gasteiger partial charge in [-0.2, -0.15) is 0 Å². The smallest absolute Gasteiger partial charge is 0.000728 e. The Bertz CT molecular complexity index is 2040. The highest BCUT2D eigenvalue weighted by atomic mass is 14.3. The van der Waals surface area contributed by atoms with Gasteiger partial charge in [0, 0.05) is 0 Å². The molecule has 0 saturated carbocycles. The molecule has 0 spiro atoms. The molecule has 0 heterocycles. The minimum absolute atomic E-state index is 0. The molecular formula is C43H38. The average Bonchev–Trinajstić information content (AvgIpc) is 3.61. The van der Waals surface area contributed by atoms with E-state index in [0.29, 0.717) is 0 Å². The van der Waals surface area contributed by atoms with Gasteiger partial charge in [-0.05, 0) is 120 Å². The molecule has 0 heteroatoms. The van der Waals surface area contributed by atoms with Gasteiger partial charge in [-0.3, -0.25) is 0 Å². The number of benzene rings is 7. The lowest BCUT2D eigenvalue weighted by molar-refractivity contribution is 1.15. The van der Waals surface area contributed by atoms with Crippen LogP contribution in [0, 0.1) is 0 Å². The van der Waals surface area contributed by atoms with Crippen LogP contribution in [0.1, 0.15) is 54.7 Å². The van der Waals surface area contributed by atoms with E-state index in [1.807, 2.05) is 0 Å². The van der Waals surface area contributed by atoms with Gasteiger partial charge in [0.2, 0.25) is 0 Å². The fourth-order valence-corrected chi connectivity index (χ4v) is 7.66. The van der Waals surface area contributed by atoms with Crippen LogP contribution in [-0.4, -0.2) is 0 Å². The summed E-state index contributed by atoms with van der Waals surface area (Å²) in [5.74, 6) is 0. The first-order valence-electron chi connectivity index (χ1n) is 15.4. The molecule has 0 amide bonds. The number of hydrogen-bond donors (Lipinski definition) is 0. The molecule has 9 rings (SSSR count). The van der Waals surface area contributed by atoms with E-state index >= 15 is 0 Å². The standard InChI is InChI=1S/C24H16.C18H18.CH4/c1-4-8-20-15(5-1)11-18-12-17-9-10-21-19-7-3-2-6-16(19)13-24(21)22(17)14-23(18)20;1-3-13-15-9-5-7-11-17(15)14(4-2)18-12-8-6-10-16(13)18;/h1-10,12,14H,11,13H2;5-12H,3-4H2,1-2H3;1H4. The summed E-state index contributed by atoms with van der Waals surface area (Å²) >= 11 is 0. The molecule has 0 saturated heterocycles. The quantitative estimate of drug-likeness (QED) is 0.186. The van der Waals surface area contributed by atoms with Crippen molar-refractivity contribution in [3.63, 3.8) is 0 Å². The van der Waals surface area contributed by atoms with Crippen molar-refractivity contribution in [2.45, 2.75) is 47.0 Å². The summed E-state index contributed by atoms with van der Waals surface area (Å²) < 4.78 is 0. The van der Waals surface area contributed by atoms with Crippen LogP contribution in [0.3, 0.4) is 0 Å². The van der Waals surface area contributed by atoms with Gasteiger partial charge in [0.25, 0.3) is 0 Å². The molecule has 0 unspecified atom stereocenters. The van der Waals surface area contributed by atoms with Crippen LogP contribution in [0.4, 0.5) is 0 Å². The second-order valence-electron chi connectivity index (χ2n) is 11.7. The highest BCUT2D eigenvalue weighted by molar-refractivity contribution is 6.06. The molecular weight excluding hydrogens is 516 g/mol. The van der Waals surface area contributed by atoms with E-state index in [9.17, 15) is 0 Å². The molecule has 0 radical (unpaired) electrons. The van der Waals surface area contributed by atoms with Crippen molar-refractivity contribution < 1.29 is 0 Å². The van der Waals surface area contributed by atoms with E-state index in [1.165, 1.54) is 88.0 Å². The van der Waals surface area contributed by atoms with Crippen molar-refractivity contribution >= 4 is 32.3 Å². The van der Waals surface area contributed by atoms with Gasteiger partial charge in [0.05, 0.1) is 0 Å². The number of fused-ring (bicyclic) bond motifs is 10. The predicted octanol–water partition coefficient (Wildman–Crippen LogP) is 11.7. The van der Waals surface area contributed by atoms with Crippen molar-refractivity contribution in [2.75, 3.05) is 0 Å². The maximum atomic E-state index is 2.45. The molecule has 0 fully saturated rings. The monoisotopic (exact) mass is 554 g/mol. The fourth-order valence-electron chi connectivity index (χ4n) is 7.66. The molecule has 0 atom stereocenters. The van der Waals surface area contributed by atoms with Crippen molar-refractivity contribution in [3.8, 4) is 22.3 Å². The molecule has 0 aliphatic heterocycles. The van der Waals surface area contributed by atoms with Gasteiger partial charge in [-0.15, -0.1) is 0 Å². The van der Waals surface area contributed by atoms with Gasteiger partial charge < -0.3 is 0 Å². The topological polar surface area (TPSA) is 0 Å². The zero-order chi connectivity index (χ0) is 28.2. The van der Waals surface area contributed by atoms with Crippen molar-refractivity contribution in [1.29, 1.82) is 0 Å². The first kappa shape index (κ1) is 27.2. The van der Waals surface area contributed by atoms with Gasteiger partial charge in [-0.25, -0.2) is 0 Å². The van der Waals surface area contributed by atoms with Crippen molar-refractivity contribution in [2.24, 2.45) is 0 Å². The molecule has 2 aliphatic rings. The number of hydrogen-bond acceptors (Lipinski definition) is 0. The lowest BCUT2D eigenvalue weighted by Gasteiger charge is -2.14. The largest absolute Gasteiger partial charge is 0.0776 e. The third-order valence-electron chi connectivity index (χ3n) is 9.58. The first-order chi connectivity index (χ1) is 20.7. The Hall–Kier alpha value is -4.68. The zero-order valence-electron chi connectivity index (χ0n) is 24.4. The Morgan fingerprint density at radius 2 is 0.907 bits per heavy atom.